The summed E-state index contributed by atoms with van der Waals surface area (Å²) in [5.41, 5.74) is 3.32. The molecule has 3 aromatic carbocycles. The molecule has 0 amide bonds. The number of nitrogens with one attached hydrogen (secondary N) is 2. The van der Waals surface area contributed by atoms with Crippen molar-refractivity contribution in [1.82, 2.24) is 10.6 Å². The standard InChI is InChI=1S/C27H27F3N2O/c28-27(29,30)23-10-5-4-9-22(23)20-15-19-12-14-33-26(19)21(16-20)17-32-24-11-6-13-31-25(24)18-7-2-1-3-8-18/h1-5,7-10,15-16,24-25,31-32H,6,11-14,17H2/t24-,25-/m0/s1. The van der Waals surface area contributed by atoms with Crippen molar-refractivity contribution in [2.75, 3.05) is 13.2 Å². The molecule has 1 fully saturated rings. The lowest BCUT2D eigenvalue weighted by Gasteiger charge is -2.34. The number of fused-ring (bicyclic) bond motifs is 1. The molecule has 0 radical (unpaired) electrons. The lowest BCUT2D eigenvalue weighted by Crippen LogP contribution is -2.45. The van der Waals surface area contributed by atoms with Crippen molar-refractivity contribution in [3.8, 4) is 16.9 Å². The van der Waals surface area contributed by atoms with Gasteiger partial charge in [0, 0.05) is 30.6 Å². The van der Waals surface area contributed by atoms with Gasteiger partial charge in [-0.3, -0.25) is 0 Å². The summed E-state index contributed by atoms with van der Waals surface area (Å²) in [6, 6.07) is 20.3. The van der Waals surface area contributed by atoms with Gasteiger partial charge in [-0.15, -0.1) is 0 Å². The monoisotopic (exact) mass is 452 g/mol. The third-order valence-electron chi connectivity index (χ3n) is 6.58. The van der Waals surface area contributed by atoms with E-state index in [9.17, 15) is 13.2 Å². The van der Waals surface area contributed by atoms with Crippen LogP contribution in [-0.2, 0) is 19.1 Å². The Balaban J connectivity index is 1.44. The van der Waals surface area contributed by atoms with E-state index in [-0.39, 0.29) is 17.6 Å². The van der Waals surface area contributed by atoms with Gasteiger partial charge < -0.3 is 15.4 Å². The molecule has 1 saturated heterocycles. The molecule has 2 aliphatic rings. The van der Waals surface area contributed by atoms with Crippen molar-refractivity contribution in [1.29, 1.82) is 0 Å². The first-order chi connectivity index (χ1) is 16.0. The van der Waals surface area contributed by atoms with Crippen LogP contribution in [0, 0.1) is 0 Å². The average molecular weight is 453 g/mol. The maximum absolute atomic E-state index is 13.7. The van der Waals surface area contributed by atoms with Gasteiger partial charge in [0.2, 0.25) is 0 Å². The van der Waals surface area contributed by atoms with Crippen LogP contribution >= 0.6 is 0 Å². The number of piperidine rings is 1. The molecule has 33 heavy (non-hydrogen) atoms. The molecule has 3 nitrogen and oxygen atoms in total. The van der Waals surface area contributed by atoms with E-state index >= 15 is 0 Å². The van der Waals surface area contributed by atoms with Crippen LogP contribution in [0.3, 0.4) is 0 Å². The molecule has 2 heterocycles. The van der Waals surface area contributed by atoms with Crippen LogP contribution in [0.25, 0.3) is 11.1 Å². The van der Waals surface area contributed by atoms with Crippen molar-refractivity contribution in [2.45, 2.75) is 44.1 Å². The molecule has 0 aromatic heterocycles. The molecular formula is C27H27F3N2O. The number of ether oxygens (including phenoxy) is 1. The maximum atomic E-state index is 13.7. The summed E-state index contributed by atoms with van der Waals surface area (Å²) < 4.78 is 46.9. The van der Waals surface area contributed by atoms with Crippen LogP contribution in [0.1, 0.15) is 41.1 Å². The van der Waals surface area contributed by atoms with Crippen molar-refractivity contribution < 1.29 is 17.9 Å². The molecule has 2 N–H and O–H groups in total. The third-order valence-corrected chi connectivity index (χ3v) is 6.58. The predicted molar refractivity (Wildman–Crippen MR) is 123 cm³/mol. The highest BCUT2D eigenvalue weighted by Crippen LogP contribution is 2.40. The van der Waals surface area contributed by atoms with Crippen molar-refractivity contribution >= 4 is 0 Å². The smallest absolute Gasteiger partial charge is 0.417 e. The fourth-order valence-electron chi connectivity index (χ4n) is 5.02. The Kier molecular flexibility index (Phi) is 6.13. The summed E-state index contributed by atoms with van der Waals surface area (Å²) in [5, 5.41) is 7.29. The topological polar surface area (TPSA) is 33.3 Å². The first-order valence-corrected chi connectivity index (χ1v) is 11.5. The summed E-state index contributed by atoms with van der Waals surface area (Å²) >= 11 is 0. The molecule has 0 unspecified atom stereocenters. The summed E-state index contributed by atoms with van der Waals surface area (Å²) in [4.78, 5) is 0. The minimum atomic E-state index is -4.40. The van der Waals surface area contributed by atoms with Gasteiger partial charge in [-0.2, -0.15) is 13.2 Å². The van der Waals surface area contributed by atoms with Gasteiger partial charge in [0.25, 0.3) is 0 Å². The molecule has 2 aliphatic heterocycles. The lowest BCUT2D eigenvalue weighted by atomic mass is 9.91. The van der Waals surface area contributed by atoms with E-state index < -0.39 is 11.7 Å². The highest BCUT2D eigenvalue weighted by Gasteiger charge is 2.34. The lowest BCUT2D eigenvalue weighted by molar-refractivity contribution is -0.137. The normalized spacial score (nSPS) is 20.3. The number of hydrogen-bond acceptors (Lipinski definition) is 3. The van der Waals surface area contributed by atoms with Gasteiger partial charge in [-0.1, -0.05) is 48.5 Å². The number of hydrogen-bond donors (Lipinski definition) is 2. The quantitative estimate of drug-likeness (QED) is 0.506. The van der Waals surface area contributed by atoms with Crippen LogP contribution in [0.4, 0.5) is 13.2 Å². The Labute approximate surface area is 192 Å². The van der Waals surface area contributed by atoms with E-state index in [0.717, 1.165) is 42.3 Å². The zero-order valence-corrected chi connectivity index (χ0v) is 18.3. The molecule has 3 aromatic rings. The number of rotatable bonds is 5. The minimum absolute atomic E-state index is 0.197. The Bertz CT molecular complexity index is 1110. The zero-order chi connectivity index (χ0) is 22.8. The second-order valence-electron chi connectivity index (χ2n) is 8.74. The second-order valence-corrected chi connectivity index (χ2v) is 8.74. The number of halogens is 3. The average Bonchev–Trinajstić information content (AvgIpc) is 3.32. The van der Waals surface area contributed by atoms with Gasteiger partial charge in [-0.25, -0.2) is 0 Å². The Morgan fingerprint density at radius 3 is 2.61 bits per heavy atom. The van der Waals surface area contributed by atoms with E-state index in [4.69, 9.17) is 4.74 Å². The maximum Gasteiger partial charge on any atom is 0.417 e. The number of benzene rings is 3. The molecule has 5 rings (SSSR count). The molecule has 0 bridgehead atoms. The third kappa shape index (κ3) is 4.63. The summed E-state index contributed by atoms with van der Waals surface area (Å²) in [6.45, 7) is 2.07. The van der Waals surface area contributed by atoms with Crippen LogP contribution in [0.15, 0.2) is 66.7 Å². The molecule has 2 atom stereocenters. The van der Waals surface area contributed by atoms with Gasteiger partial charge in [-0.05, 0) is 59.8 Å². The predicted octanol–water partition coefficient (Wildman–Crippen LogP) is 5.89. The molecule has 172 valence electrons. The van der Waals surface area contributed by atoms with E-state index in [0.29, 0.717) is 25.1 Å². The van der Waals surface area contributed by atoms with Crippen molar-refractivity contribution in [2.24, 2.45) is 0 Å². The van der Waals surface area contributed by atoms with Crippen LogP contribution < -0.4 is 15.4 Å². The first-order valence-electron chi connectivity index (χ1n) is 11.5. The van der Waals surface area contributed by atoms with E-state index in [1.165, 1.54) is 11.6 Å². The van der Waals surface area contributed by atoms with Gasteiger partial charge in [0.15, 0.2) is 0 Å². The molecule has 0 aliphatic carbocycles. The van der Waals surface area contributed by atoms with E-state index in [1.54, 1.807) is 12.1 Å². The fraction of sp³-hybridized carbons (Fsp3) is 0.333. The fourth-order valence-corrected chi connectivity index (χ4v) is 5.02. The molecular weight excluding hydrogens is 425 g/mol. The summed E-state index contributed by atoms with van der Waals surface area (Å²) in [5.74, 6) is 0.816. The van der Waals surface area contributed by atoms with E-state index in [1.807, 2.05) is 30.3 Å². The highest BCUT2D eigenvalue weighted by atomic mass is 19.4. The van der Waals surface area contributed by atoms with Gasteiger partial charge in [0.05, 0.1) is 12.2 Å². The Morgan fingerprint density at radius 2 is 1.79 bits per heavy atom. The zero-order valence-electron chi connectivity index (χ0n) is 18.3. The Hall–Kier alpha value is -2.83. The highest BCUT2D eigenvalue weighted by molar-refractivity contribution is 5.71. The minimum Gasteiger partial charge on any atom is -0.493 e. The Morgan fingerprint density at radius 1 is 1.00 bits per heavy atom. The molecule has 0 spiro atoms. The molecule has 0 saturated carbocycles. The second kappa shape index (κ2) is 9.20. The van der Waals surface area contributed by atoms with Crippen LogP contribution in [0.5, 0.6) is 5.75 Å². The van der Waals surface area contributed by atoms with Crippen LogP contribution in [0.2, 0.25) is 0 Å². The van der Waals surface area contributed by atoms with E-state index in [2.05, 4.69) is 22.8 Å². The largest absolute Gasteiger partial charge is 0.493 e. The van der Waals surface area contributed by atoms with Crippen molar-refractivity contribution in [3.63, 3.8) is 0 Å². The van der Waals surface area contributed by atoms with Gasteiger partial charge >= 0.3 is 6.18 Å². The summed E-state index contributed by atoms with van der Waals surface area (Å²) in [7, 11) is 0. The van der Waals surface area contributed by atoms with Crippen molar-refractivity contribution in [3.05, 3.63) is 89.0 Å². The number of alkyl halides is 3. The van der Waals surface area contributed by atoms with Gasteiger partial charge in [0.1, 0.15) is 5.75 Å². The summed E-state index contributed by atoms with van der Waals surface area (Å²) in [6.07, 6.45) is -1.58. The van der Waals surface area contributed by atoms with Crippen LogP contribution in [-0.4, -0.2) is 19.2 Å². The SMILES string of the molecule is FC(F)(F)c1ccccc1-c1cc2c(c(CN[C@H]3CCCN[C@H]3c3ccccc3)c1)OCC2. The molecule has 6 heteroatoms. The first kappa shape index (κ1) is 22.0.